The van der Waals surface area contributed by atoms with E-state index in [-0.39, 0.29) is 10.8 Å². The van der Waals surface area contributed by atoms with Gasteiger partial charge in [-0.2, -0.15) is 0 Å². The summed E-state index contributed by atoms with van der Waals surface area (Å²) in [5.41, 5.74) is 19.1. The maximum absolute atomic E-state index is 2.49. The first-order chi connectivity index (χ1) is 33.0. The second-order valence-electron chi connectivity index (χ2n) is 20.3. The fourth-order valence-electron chi connectivity index (χ4n) is 9.94. The van der Waals surface area contributed by atoms with Crippen LogP contribution in [0.5, 0.6) is 0 Å². The second-order valence-corrected chi connectivity index (χ2v) is 20.3. The molecule has 0 aliphatic rings. The fraction of sp³-hybridized carbons (Fsp3) is 0.121. The lowest BCUT2D eigenvalue weighted by Crippen LogP contribution is -2.12. The molecule has 0 fully saturated rings. The van der Waals surface area contributed by atoms with Gasteiger partial charge in [-0.15, -0.1) is 0 Å². The second kappa shape index (κ2) is 17.0. The fourth-order valence-corrected chi connectivity index (χ4v) is 9.94. The Labute approximate surface area is 401 Å². The van der Waals surface area contributed by atoms with E-state index in [9.17, 15) is 0 Å². The lowest BCUT2D eigenvalue weighted by Gasteiger charge is -2.27. The quantitative estimate of drug-likeness (QED) is 0.148. The molecule has 0 aliphatic heterocycles. The van der Waals surface area contributed by atoms with Crippen LogP contribution in [0, 0.1) is 0 Å². The molecule has 11 aromatic rings. The van der Waals surface area contributed by atoms with E-state index in [0.717, 1.165) is 22.7 Å². The Kier molecular flexibility index (Phi) is 10.7. The van der Waals surface area contributed by atoms with E-state index >= 15 is 0 Å². The first kappa shape index (κ1) is 42.7. The highest BCUT2D eigenvalue weighted by Crippen LogP contribution is 2.45. The molecule has 0 N–H and O–H groups in total. The maximum Gasteiger partial charge on any atom is 0.0550 e. The van der Waals surface area contributed by atoms with Crippen LogP contribution in [-0.4, -0.2) is 4.57 Å². The van der Waals surface area contributed by atoms with Gasteiger partial charge in [0.25, 0.3) is 0 Å². The molecule has 0 bridgehead atoms. The number of hydrogen-bond donors (Lipinski definition) is 0. The number of nitrogens with zero attached hydrogens (tertiary/aromatic N) is 2. The zero-order valence-electron chi connectivity index (χ0n) is 39.8. The van der Waals surface area contributed by atoms with E-state index in [1.54, 1.807) is 0 Å². The molecule has 0 saturated carbocycles. The SMILES string of the molecule is CC(C)(C)c1ccc2c3c(-c4cccc(N(c5ccc(-c6ccc(-c7ccccc7)cc6)cc5)c5ccc(-c6cccc7ccccc67)cc5)c4)cc(C(C)(C)C)cc3n(-c3ccccc3)c2c1. The number of hydrogen-bond acceptors (Lipinski definition) is 1. The van der Waals surface area contributed by atoms with Crippen molar-refractivity contribution < 1.29 is 0 Å². The third-order valence-electron chi connectivity index (χ3n) is 13.7. The highest BCUT2D eigenvalue weighted by molar-refractivity contribution is 6.16. The van der Waals surface area contributed by atoms with Gasteiger partial charge in [0, 0.05) is 33.5 Å². The molecule has 2 heteroatoms. The molecule has 1 heterocycles. The molecular weight excluding hydrogens is 821 g/mol. The van der Waals surface area contributed by atoms with Gasteiger partial charge < -0.3 is 9.47 Å². The van der Waals surface area contributed by atoms with Crippen molar-refractivity contribution in [3.8, 4) is 50.2 Å². The molecule has 0 atom stereocenters. The minimum atomic E-state index is -0.0867. The van der Waals surface area contributed by atoms with Crippen LogP contribution in [0.3, 0.4) is 0 Å². The summed E-state index contributed by atoms with van der Waals surface area (Å²) in [6.07, 6.45) is 0. The summed E-state index contributed by atoms with van der Waals surface area (Å²) in [6, 6.07) is 84.9. The number of fused-ring (bicyclic) bond motifs is 4. The monoisotopic (exact) mass is 876 g/mol. The van der Waals surface area contributed by atoms with Gasteiger partial charge >= 0.3 is 0 Å². The van der Waals surface area contributed by atoms with Crippen LogP contribution in [0.4, 0.5) is 17.1 Å². The highest BCUT2D eigenvalue weighted by atomic mass is 15.1. The van der Waals surface area contributed by atoms with Crippen molar-refractivity contribution in [2.45, 2.75) is 52.4 Å². The highest BCUT2D eigenvalue weighted by Gasteiger charge is 2.25. The summed E-state index contributed by atoms with van der Waals surface area (Å²) in [6.45, 7) is 13.9. The lowest BCUT2D eigenvalue weighted by atomic mass is 9.83. The van der Waals surface area contributed by atoms with Crippen LogP contribution in [0.15, 0.2) is 231 Å². The van der Waals surface area contributed by atoms with E-state index in [0.29, 0.717) is 0 Å². The molecule has 11 rings (SSSR count). The zero-order valence-corrected chi connectivity index (χ0v) is 39.8. The largest absolute Gasteiger partial charge is 0.310 e. The first-order valence-corrected chi connectivity index (χ1v) is 23.9. The third-order valence-corrected chi connectivity index (χ3v) is 13.7. The Morgan fingerprint density at radius 3 is 1.49 bits per heavy atom. The number of benzene rings is 10. The molecule has 1 aromatic heterocycles. The molecule has 0 radical (unpaired) electrons. The predicted molar refractivity (Wildman–Crippen MR) is 292 cm³/mol. The normalized spacial score (nSPS) is 12.0. The van der Waals surface area contributed by atoms with Gasteiger partial charge in [-0.25, -0.2) is 0 Å². The standard InChI is InChI=1S/C66H56N2/c1-65(2,3)52-35-40-60-62(43-52)68(54-22-11-8-12-23-54)63-44-53(66(4,5)6)42-61(64(60)63)51-21-15-24-57(41-51)67(56-38-33-50(34-39-56)59-26-16-20-49-19-13-14-25-58(49)59)55-36-31-48(32-37-55)47-29-27-46(28-30-47)45-17-9-7-10-18-45/h7-44H,1-6H3. The van der Waals surface area contributed by atoms with Crippen LogP contribution in [0.1, 0.15) is 52.7 Å². The molecule has 0 spiro atoms. The minimum Gasteiger partial charge on any atom is -0.310 e. The molecule has 0 amide bonds. The molecule has 0 saturated heterocycles. The van der Waals surface area contributed by atoms with Crippen molar-refractivity contribution >= 4 is 49.6 Å². The Bertz CT molecular complexity index is 3580. The van der Waals surface area contributed by atoms with Gasteiger partial charge in [-0.1, -0.05) is 205 Å². The van der Waals surface area contributed by atoms with Crippen molar-refractivity contribution in [1.82, 2.24) is 4.57 Å². The molecule has 0 unspecified atom stereocenters. The summed E-state index contributed by atoms with van der Waals surface area (Å²) in [4.78, 5) is 2.41. The van der Waals surface area contributed by atoms with Crippen molar-refractivity contribution in [2.24, 2.45) is 0 Å². The molecule has 330 valence electrons. The molecule has 10 aromatic carbocycles. The predicted octanol–water partition coefficient (Wildman–Crippen LogP) is 18.7. The Morgan fingerprint density at radius 1 is 0.324 bits per heavy atom. The number of rotatable bonds is 8. The molecule has 68 heavy (non-hydrogen) atoms. The van der Waals surface area contributed by atoms with E-state index in [4.69, 9.17) is 0 Å². The molecule has 0 aliphatic carbocycles. The summed E-state index contributed by atoms with van der Waals surface area (Å²) in [7, 11) is 0. The van der Waals surface area contributed by atoms with Gasteiger partial charge in [0.05, 0.1) is 11.0 Å². The Hall–Kier alpha value is -7.94. The van der Waals surface area contributed by atoms with Gasteiger partial charge in [-0.05, 0) is 144 Å². The summed E-state index contributed by atoms with van der Waals surface area (Å²) in [5.74, 6) is 0. The smallest absolute Gasteiger partial charge is 0.0550 e. The van der Waals surface area contributed by atoms with E-state index in [2.05, 4.69) is 282 Å². The van der Waals surface area contributed by atoms with E-state index in [1.165, 1.54) is 88.2 Å². The summed E-state index contributed by atoms with van der Waals surface area (Å²) >= 11 is 0. The van der Waals surface area contributed by atoms with Gasteiger partial charge in [-0.3, -0.25) is 0 Å². The van der Waals surface area contributed by atoms with Crippen LogP contribution in [-0.2, 0) is 10.8 Å². The van der Waals surface area contributed by atoms with Gasteiger partial charge in [0.2, 0.25) is 0 Å². The zero-order chi connectivity index (χ0) is 46.6. The van der Waals surface area contributed by atoms with Crippen molar-refractivity contribution in [3.05, 3.63) is 242 Å². The van der Waals surface area contributed by atoms with Crippen molar-refractivity contribution in [3.63, 3.8) is 0 Å². The van der Waals surface area contributed by atoms with E-state index in [1.807, 2.05) is 0 Å². The minimum absolute atomic E-state index is 0.00162. The third kappa shape index (κ3) is 7.96. The average molecular weight is 877 g/mol. The first-order valence-electron chi connectivity index (χ1n) is 23.9. The van der Waals surface area contributed by atoms with Gasteiger partial charge in [0.15, 0.2) is 0 Å². The van der Waals surface area contributed by atoms with E-state index < -0.39 is 0 Å². The average Bonchev–Trinajstić information content (AvgIpc) is 3.70. The van der Waals surface area contributed by atoms with Crippen LogP contribution >= 0.6 is 0 Å². The molecular formula is C66H56N2. The topological polar surface area (TPSA) is 8.17 Å². The maximum atomic E-state index is 2.49. The Balaban J connectivity index is 1.07. The van der Waals surface area contributed by atoms with Crippen molar-refractivity contribution in [1.29, 1.82) is 0 Å². The van der Waals surface area contributed by atoms with Crippen LogP contribution in [0.2, 0.25) is 0 Å². The number of aromatic nitrogens is 1. The number of anilines is 3. The van der Waals surface area contributed by atoms with Crippen molar-refractivity contribution in [2.75, 3.05) is 4.90 Å². The summed E-state index contributed by atoms with van der Waals surface area (Å²) in [5, 5.41) is 5.02. The Morgan fingerprint density at radius 2 is 0.838 bits per heavy atom. The molecule has 2 nitrogen and oxygen atoms in total. The number of para-hydroxylation sites is 1. The lowest BCUT2D eigenvalue weighted by molar-refractivity contribution is 0.591. The van der Waals surface area contributed by atoms with Crippen LogP contribution in [0.25, 0.3) is 82.8 Å². The van der Waals surface area contributed by atoms with Crippen LogP contribution < -0.4 is 4.90 Å². The van der Waals surface area contributed by atoms with Gasteiger partial charge in [0.1, 0.15) is 0 Å². The summed E-state index contributed by atoms with van der Waals surface area (Å²) < 4.78 is 2.49.